The second kappa shape index (κ2) is 9.48. The van der Waals surface area contributed by atoms with Gasteiger partial charge in [0.1, 0.15) is 5.82 Å². The Balaban J connectivity index is 1.96. The van der Waals surface area contributed by atoms with E-state index in [1.807, 2.05) is 0 Å². The van der Waals surface area contributed by atoms with Crippen molar-refractivity contribution in [2.45, 2.75) is 63.5 Å². The molecule has 7 heteroatoms. The highest BCUT2D eigenvalue weighted by Gasteiger charge is 2.32. The third-order valence-electron chi connectivity index (χ3n) is 4.92. The molecular formula is C20H27FN2O4. The van der Waals surface area contributed by atoms with E-state index >= 15 is 0 Å². The second-order valence-corrected chi connectivity index (χ2v) is 7.19. The van der Waals surface area contributed by atoms with Gasteiger partial charge in [-0.05, 0) is 37.5 Å². The van der Waals surface area contributed by atoms with Gasteiger partial charge in [0, 0.05) is 18.9 Å². The SMILES string of the molecule is COC(=O)C[C@](C)(NC(=O)CCC(=O)NC1CCCC1)c1ccc(F)cc1. The van der Waals surface area contributed by atoms with E-state index in [2.05, 4.69) is 10.6 Å². The monoisotopic (exact) mass is 378 g/mol. The maximum Gasteiger partial charge on any atom is 0.308 e. The highest BCUT2D eigenvalue weighted by atomic mass is 19.1. The molecule has 0 saturated heterocycles. The van der Waals surface area contributed by atoms with E-state index in [1.165, 1.54) is 31.4 Å². The van der Waals surface area contributed by atoms with Crippen LogP contribution < -0.4 is 10.6 Å². The van der Waals surface area contributed by atoms with Gasteiger partial charge in [-0.15, -0.1) is 0 Å². The summed E-state index contributed by atoms with van der Waals surface area (Å²) in [4.78, 5) is 36.2. The van der Waals surface area contributed by atoms with Crippen molar-refractivity contribution < 1.29 is 23.5 Å². The summed E-state index contributed by atoms with van der Waals surface area (Å²) in [5.41, 5.74) is -0.474. The van der Waals surface area contributed by atoms with Crippen molar-refractivity contribution in [2.24, 2.45) is 0 Å². The second-order valence-electron chi connectivity index (χ2n) is 7.19. The summed E-state index contributed by atoms with van der Waals surface area (Å²) >= 11 is 0. The molecule has 6 nitrogen and oxygen atoms in total. The summed E-state index contributed by atoms with van der Waals surface area (Å²) in [6.45, 7) is 1.67. The molecule has 0 spiro atoms. The summed E-state index contributed by atoms with van der Waals surface area (Å²) in [7, 11) is 1.27. The van der Waals surface area contributed by atoms with Crippen molar-refractivity contribution in [3.05, 3.63) is 35.6 Å². The molecule has 1 aromatic rings. The molecule has 1 aliphatic rings. The van der Waals surface area contributed by atoms with E-state index in [9.17, 15) is 18.8 Å². The molecule has 2 N–H and O–H groups in total. The topological polar surface area (TPSA) is 84.5 Å². The zero-order chi connectivity index (χ0) is 19.9. The first-order valence-corrected chi connectivity index (χ1v) is 9.25. The van der Waals surface area contributed by atoms with Gasteiger partial charge < -0.3 is 15.4 Å². The van der Waals surface area contributed by atoms with Crippen LogP contribution in [-0.2, 0) is 24.7 Å². The fraction of sp³-hybridized carbons (Fsp3) is 0.550. The molecule has 0 aliphatic heterocycles. The molecular weight excluding hydrogens is 351 g/mol. The van der Waals surface area contributed by atoms with E-state index in [0.717, 1.165) is 25.7 Å². The Bertz CT molecular complexity index is 671. The largest absolute Gasteiger partial charge is 0.469 e. The van der Waals surface area contributed by atoms with Gasteiger partial charge in [0.2, 0.25) is 11.8 Å². The lowest BCUT2D eigenvalue weighted by molar-refractivity contribution is -0.142. The molecule has 27 heavy (non-hydrogen) atoms. The van der Waals surface area contributed by atoms with Crippen LogP contribution in [0.25, 0.3) is 0 Å². The van der Waals surface area contributed by atoms with E-state index < -0.39 is 17.3 Å². The van der Waals surface area contributed by atoms with Crippen LogP contribution in [0, 0.1) is 5.82 Å². The number of rotatable bonds is 8. The molecule has 0 aromatic heterocycles. The summed E-state index contributed by atoms with van der Waals surface area (Å²) in [5, 5.41) is 5.74. The zero-order valence-electron chi connectivity index (χ0n) is 15.8. The van der Waals surface area contributed by atoms with Gasteiger partial charge in [-0.25, -0.2) is 4.39 Å². The zero-order valence-corrected chi connectivity index (χ0v) is 15.8. The van der Waals surface area contributed by atoms with Crippen LogP contribution >= 0.6 is 0 Å². The third-order valence-corrected chi connectivity index (χ3v) is 4.92. The van der Waals surface area contributed by atoms with Gasteiger partial charge >= 0.3 is 5.97 Å². The van der Waals surface area contributed by atoms with E-state index in [1.54, 1.807) is 6.92 Å². The number of benzene rings is 1. The number of nitrogens with one attached hydrogen (secondary N) is 2. The lowest BCUT2D eigenvalue weighted by Crippen LogP contribution is -2.45. The van der Waals surface area contributed by atoms with Gasteiger partial charge in [0.05, 0.1) is 19.1 Å². The Morgan fingerprint density at radius 1 is 1.11 bits per heavy atom. The van der Waals surface area contributed by atoms with Gasteiger partial charge in [0.15, 0.2) is 0 Å². The van der Waals surface area contributed by atoms with Crippen molar-refractivity contribution in [3.63, 3.8) is 0 Å². The summed E-state index contributed by atoms with van der Waals surface area (Å²) in [5.74, 6) is -1.41. The minimum absolute atomic E-state index is 0.0104. The van der Waals surface area contributed by atoms with Crippen molar-refractivity contribution in [2.75, 3.05) is 7.11 Å². The molecule has 0 bridgehead atoms. The maximum atomic E-state index is 13.2. The van der Waals surface area contributed by atoms with Gasteiger partial charge in [-0.2, -0.15) is 0 Å². The first-order valence-electron chi connectivity index (χ1n) is 9.25. The third kappa shape index (κ3) is 6.34. The number of methoxy groups -OCH3 is 1. The number of ether oxygens (including phenoxy) is 1. The standard InChI is InChI=1S/C20H27FN2O4/c1-20(13-19(26)27-2,14-7-9-15(21)10-8-14)23-18(25)12-11-17(24)22-16-5-3-4-6-16/h7-10,16H,3-6,11-13H2,1-2H3,(H,22,24)(H,23,25)/t20-/m0/s1. The normalized spacial score (nSPS) is 16.4. The Morgan fingerprint density at radius 2 is 1.70 bits per heavy atom. The first kappa shape index (κ1) is 20.9. The predicted octanol–water partition coefficient (Wildman–Crippen LogP) is 2.56. The Kier molecular flexibility index (Phi) is 7.33. The van der Waals surface area contributed by atoms with Crippen LogP contribution in [0.2, 0.25) is 0 Å². The number of esters is 1. The van der Waals surface area contributed by atoms with Crippen LogP contribution in [0.5, 0.6) is 0 Å². The number of hydrogen-bond acceptors (Lipinski definition) is 4. The predicted molar refractivity (Wildman–Crippen MR) is 98.2 cm³/mol. The van der Waals surface area contributed by atoms with Crippen LogP contribution in [0.4, 0.5) is 4.39 Å². The molecule has 1 aromatic carbocycles. The van der Waals surface area contributed by atoms with E-state index in [0.29, 0.717) is 5.56 Å². The lowest BCUT2D eigenvalue weighted by Gasteiger charge is -2.30. The fourth-order valence-electron chi connectivity index (χ4n) is 3.36. The first-order chi connectivity index (χ1) is 12.8. The lowest BCUT2D eigenvalue weighted by atomic mass is 9.88. The van der Waals surface area contributed by atoms with Crippen molar-refractivity contribution in [1.29, 1.82) is 0 Å². The Labute approximate surface area is 158 Å². The summed E-state index contributed by atoms with van der Waals surface area (Å²) in [6, 6.07) is 5.79. The molecule has 2 rings (SSSR count). The number of carbonyl (C=O) groups is 3. The highest BCUT2D eigenvalue weighted by molar-refractivity contribution is 5.84. The van der Waals surface area contributed by atoms with Crippen molar-refractivity contribution in [3.8, 4) is 0 Å². The average Bonchev–Trinajstić information content (AvgIpc) is 3.13. The van der Waals surface area contributed by atoms with E-state index in [-0.39, 0.29) is 37.1 Å². The van der Waals surface area contributed by atoms with Crippen molar-refractivity contribution in [1.82, 2.24) is 10.6 Å². The smallest absolute Gasteiger partial charge is 0.308 e. The number of carbonyl (C=O) groups excluding carboxylic acids is 3. The van der Waals surface area contributed by atoms with Gasteiger partial charge in [0.25, 0.3) is 0 Å². The summed E-state index contributed by atoms with van der Waals surface area (Å²) in [6.07, 6.45) is 4.20. The molecule has 148 valence electrons. The highest BCUT2D eigenvalue weighted by Crippen LogP contribution is 2.26. The Morgan fingerprint density at radius 3 is 2.30 bits per heavy atom. The number of hydrogen-bond donors (Lipinski definition) is 2. The summed E-state index contributed by atoms with van der Waals surface area (Å²) < 4.78 is 17.9. The molecule has 0 heterocycles. The minimum atomic E-state index is -1.06. The molecule has 1 aliphatic carbocycles. The van der Waals surface area contributed by atoms with Crippen LogP contribution in [0.15, 0.2) is 24.3 Å². The van der Waals surface area contributed by atoms with Crippen LogP contribution in [0.1, 0.15) is 57.4 Å². The quantitative estimate of drug-likeness (QED) is 0.681. The molecule has 2 amide bonds. The van der Waals surface area contributed by atoms with Gasteiger partial charge in [-0.1, -0.05) is 25.0 Å². The number of amides is 2. The van der Waals surface area contributed by atoms with Crippen LogP contribution in [0.3, 0.4) is 0 Å². The molecule has 1 fully saturated rings. The molecule has 0 radical (unpaired) electrons. The Hall–Kier alpha value is -2.44. The minimum Gasteiger partial charge on any atom is -0.469 e. The van der Waals surface area contributed by atoms with Crippen LogP contribution in [-0.4, -0.2) is 30.9 Å². The molecule has 1 saturated carbocycles. The van der Waals surface area contributed by atoms with Gasteiger partial charge in [-0.3, -0.25) is 14.4 Å². The fourth-order valence-corrected chi connectivity index (χ4v) is 3.36. The van der Waals surface area contributed by atoms with Crippen molar-refractivity contribution >= 4 is 17.8 Å². The molecule has 1 atom stereocenters. The maximum absolute atomic E-state index is 13.2. The number of halogens is 1. The molecule has 0 unspecified atom stereocenters. The average molecular weight is 378 g/mol. The van der Waals surface area contributed by atoms with E-state index in [4.69, 9.17) is 4.74 Å².